The summed E-state index contributed by atoms with van der Waals surface area (Å²) in [5.41, 5.74) is 1.48. The van der Waals surface area contributed by atoms with Gasteiger partial charge in [-0.1, -0.05) is 12.1 Å². The first kappa shape index (κ1) is 12.0. The predicted octanol–water partition coefficient (Wildman–Crippen LogP) is 1.42. The third kappa shape index (κ3) is 2.05. The average molecular weight is 260 g/mol. The molecule has 0 radical (unpaired) electrons. The first-order chi connectivity index (χ1) is 9.16. The molecule has 3 rings (SSSR count). The Bertz CT molecular complexity index is 529. The van der Waals surface area contributed by atoms with Crippen molar-refractivity contribution in [3.05, 3.63) is 29.8 Å². The standard InChI is InChI=1S/C14H16N2O3/c17-13-11-3-1-2-4-12(11)15-7-10-6-5-9(14(18)19)8-16(10)13/h1-4,9-10,15H,5-8H2,(H,18,19)/t9-,10-/m0/s1. The zero-order chi connectivity index (χ0) is 13.4. The molecule has 0 saturated carbocycles. The van der Waals surface area contributed by atoms with Crippen LogP contribution in [0, 0.1) is 5.92 Å². The van der Waals surface area contributed by atoms with Gasteiger partial charge in [0.15, 0.2) is 0 Å². The number of piperidine rings is 1. The van der Waals surface area contributed by atoms with E-state index in [4.69, 9.17) is 5.11 Å². The molecule has 0 aromatic heterocycles. The fourth-order valence-corrected chi connectivity index (χ4v) is 2.90. The van der Waals surface area contributed by atoms with Gasteiger partial charge in [0, 0.05) is 24.8 Å². The molecule has 0 aliphatic carbocycles. The predicted molar refractivity (Wildman–Crippen MR) is 70.1 cm³/mol. The second-order valence-corrected chi connectivity index (χ2v) is 5.15. The Balaban J connectivity index is 1.92. The highest BCUT2D eigenvalue weighted by molar-refractivity contribution is 6.00. The van der Waals surface area contributed by atoms with Crippen molar-refractivity contribution < 1.29 is 14.7 Å². The molecular weight excluding hydrogens is 244 g/mol. The van der Waals surface area contributed by atoms with Crippen LogP contribution in [0.5, 0.6) is 0 Å². The second kappa shape index (κ2) is 4.57. The molecule has 1 fully saturated rings. The van der Waals surface area contributed by atoms with E-state index in [2.05, 4.69) is 5.32 Å². The van der Waals surface area contributed by atoms with Gasteiger partial charge in [-0.3, -0.25) is 9.59 Å². The molecule has 2 aliphatic heterocycles. The highest BCUT2D eigenvalue weighted by Crippen LogP contribution is 2.29. The summed E-state index contributed by atoms with van der Waals surface area (Å²) in [7, 11) is 0. The Morgan fingerprint density at radius 3 is 2.89 bits per heavy atom. The first-order valence-electron chi connectivity index (χ1n) is 6.53. The summed E-state index contributed by atoms with van der Waals surface area (Å²) < 4.78 is 0. The topological polar surface area (TPSA) is 69.6 Å². The number of para-hydroxylation sites is 1. The van der Waals surface area contributed by atoms with Gasteiger partial charge in [0.05, 0.1) is 11.5 Å². The zero-order valence-corrected chi connectivity index (χ0v) is 10.5. The zero-order valence-electron chi connectivity index (χ0n) is 10.5. The van der Waals surface area contributed by atoms with E-state index in [1.54, 1.807) is 11.0 Å². The lowest BCUT2D eigenvalue weighted by Gasteiger charge is -2.37. The fraction of sp³-hybridized carbons (Fsp3) is 0.429. The van der Waals surface area contributed by atoms with Crippen molar-refractivity contribution in [1.29, 1.82) is 0 Å². The fourth-order valence-electron chi connectivity index (χ4n) is 2.90. The number of carboxylic acids is 1. The van der Waals surface area contributed by atoms with Gasteiger partial charge >= 0.3 is 5.97 Å². The van der Waals surface area contributed by atoms with Gasteiger partial charge in [-0.05, 0) is 25.0 Å². The first-order valence-corrected chi connectivity index (χ1v) is 6.53. The Labute approximate surface area is 111 Å². The van der Waals surface area contributed by atoms with E-state index in [9.17, 15) is 9.59 Å². The van der Waals surface area contributed by atoms with E-state index < -0.39 is 11.9 Å². The lowest BCUT2D eigenvalue weighted by molar-refractivity contribution is -0.143. The molecule has 2 N–H and O–H groups in total. The molecule has 100 valence electrons. The number of hydrogen-bond donors (Lipinski definition) is 2. The largest absolute Gasteiger partial charge is 0.481 e. The van der Waals surface area contributed by atoms with Crippen molar-refractivity contribution in [2.75, 3.05) is 18.4 Å². The number of carbonyl (C=O) groups excluding carboxylic acids is 1. The summed E-state index contributed by atoms with van der Waals surface area (Å²) >= 11 is 0. The number of nitrogens with zero attached hydrogens (tertiary/aromatic N) is 1. The highest BCUT2D eigenvalue weighted by atomic mass is 16.4. The Kier molecular flexibility index (Phi) is 2.89. The van der Waals surface area contributed by atoms with E-state index in [-0.39, 0.29) is 11.9 Å². The number of nitrogens with one attached hydrogen (secondary N) is 1. The minimum absolute atomic E-state index is 0.0587. The second-order valence-electron chi connectivity index (χ2n) is 5.15. The van der Waals surface area contributed by atoms with Gasteiger partial charge in [0.1, 0.15) is 0 Å². The van der Waals surface area contributed by atoms with Crippen LogP contribution in [0.4, 0.5) is 5.69 Å². The van der Waals surface area contributed by atoms with Crippen molar-refractivity contribution in [2.45, 2.75) is 18.9 Å². The lowest BCUT2D eigenvalue weighted by Crippen LogP contribution is -2.49. The van der Waals surface area contributed by atoms with Crippen molar-refractivity contribution in [2.24, 2.45) is 5.92 Å². The number of hydrogen-bond acceptors (Lipinski definition) is 3. The molecular formula is C14H16N2O3. The molecule has 5 nitrogen and oxygen atoms in total. The maximum absolute atomic E-state index is 12.5. The lowest BCUT2D eigenvalue weighted by atomic mass is 9.92. The molecule has 2 aliphatic rings. The monoisotopic (exact) mass is 260 g/mol. The van der Waals surface area contributed by atoms with Crippen LogP contribution in [0.3, 0.4) is 0 Å². The number of rotatable bonds is 1. The smallest absolute Gasteiger partial charge is 0.308 e. The molecule has 1 aromatic carbocycles. The van der Waals surface area contributed by atoms with Crippen molar-refractivity contribution >= 4 is 17.6 Å². The molecule has 0 bridgehead atoms. The van der Waals surface area contributed by atoms with Gasteiger partial charge in [0.25, 0.3) is 5.91 Å². The van der Waals surface area contributed by atoms with E-state index in [1.165, 1.54) is 0 Å². The molecule has 2 heterocycles. The number of anilines is 1. The van der Waals surface area contributed by atoms with Gasteiger partial charge in [0.2, 0.25) is 0 Å². The summed E-state index contributed by atoms with van der Waals surface area (Å²) in [4.78, 5) is 25.4. The molecule has 1 amide bonds. The summed E-state index contributed by atoms with van der Waals surface area (Å²) in [5, 5.41) is 12.4. The van der Waals surface area contributed by atoms with E-state index in [1.807, 2.05) is 18.2 Å². The van der Waals surface area contributed by atoms with Crippen LogP contribution in [-0.4, -0.2) is 41.0 Å². The Hall–Kier alpha value is -2.04. The quantitative estimate of drug-likeness (QED) is 0.801. The van der Waals surface area contributed by atoms with E-state index in [0.717, 1.165) is 12.1 Å². The maximum Gasteiger partial charge on any atom is 0.308 e. The van der Waals surface area contributed by atoms with Crippen molar-refractivity contribution in [1.82, 2.24) is 4.90 Å². The Morgan fingerprint density at radius 1 is 1.32 bits per heavy atom. The van der Waals surface area contributed by atoms with Crippen LogP contribution in [-0.2, 0) is 4.79 Å². The van der Waals surface area contributed by atoms with Crippen molar-refractivity contribution in [3.8, 4) is 0 Å². The molecule has 1 saturated heterocycles. The van der Waals surface area contributed by atoms with Gasteiger partial charge in [-0.25, -0.2) is 0 Å². The summed E-state index contributed by atoms with van der Waals surface area (Å²) in [6.07, 6.45) is 1.38. The van der Waals surface area contributed by atoms with Crippen LogP contribution < -0.4 is 5.32 Å². The third-order valence-corrected chi connectivity index (χ3v) is 4.00. The Morgan fingerprint density at radius 2 is 2.11 bits per heavy atom. The van der Waals surface area contributed by atoms with Crippen LogP contribution in [0.2, 0.25) is 0 Å². The summed E-state index contributed by atoms with van der Waals surface area (Å²) in [6.45, 7) is 1.00. The molecule has 19 heavy (non-hydrogen) atoms. The maximum atomic E-state index is 12.5. The normalized spacial score (nSPS) is 25.9. The van der Waals surface area contributed by atoms with Gasteiger partial charge in [-0.15, -0.1) is 0 Å². The summed E-state index contributed by atoms with van der Waals surface area (Å²) in [5.74, 6) is -1.31. The SMILES string of the molecule is O=C(O)[C@H]1CC[C@H]2CNc3ccccc3C(=O)N2C1. The minimum atomic E-state index is -0.809. The molecule has 0 unspecified atom stereocenters. The number of carbonyl (C=O) groups is 2. The van der Waals surface area contributed by atoms with Crippen LogP contribution in [0.15, 0.2) is 24.3 Å². The third-order valence-electron chi connectivity index (χ3n) is 4.00. The molecule has 5 heteroatoms. The molecule has 1 aromatic rings. The van der Waals surface area contributed by atoms with Crippen LogP contribution >= 0.6 is 0 Å². The average Bonchev–Trinajstić information content (AvgIpc) is 2.57. The minimum Gasteiger partial charge on any atom is -0.481 e. The van der Waals surface area contributed by atoms with Crippen LogP contribution in [0.1, 0.15) is 23.2 Å². The number of benzene rings is 1. The number of amides is 1. The number of fused-ring (bicyclic) bond motifs is 2. The molecule has 2 atom stereocenters. The van der Waals surface area contributed by atoms with Crippen molar-refractivity contribution in [3.63, 3.8) is 0 Å². The van der Waals surface area contributed by atoms with Gasteiger partial charge in [-0.2, -0.15) is 0 Å². The number of aliphatic carboxylic acids is 1. The molecule has 0 spiro atoms. The number of carboxylic acid groups (broad SMARTS) is 1. The van der Waals surface area contributed by atoms with E-state index >= 15 is 0 Å². The van der Waals surface area contributed by atoms with Crippen LogP contribution in [0.25, 0.3) is 0 Å². The van der Waals surface area contributed by atoms with E-state index in [0.29, 0.717) is 25.1 Å². The van der Waals surface area contributed by atoms with Gasteiger partial charge < -0.3 is 15.3 Å². The summed E-state index contributed by atoms with van der Waals surface area (Å²) in [6, 6.07) is 7.49. The highest BCUT2D eigenvalue weighted by Gasteiger charge is 2.37.